The van der Waals surface area contributed by atoms with Gasteiger partial charge in [-0.2, -0.15) is 0 Å². The Morgan fingerprint density at radius 2 is 1.84 bits per heavy atom. The Balaban J connectivity index is 0.000000300. The van der Waals surface area contributed by atoms with E-state index < -0.39 is 6.29 Å². The van der Waals surface area contributed by atoms with Gasteiger partial charge in [-0.25, -0.2) is 0 Å². The van der Waals surface area contributed by atoms with Crippen LogP contribution in [0.1, 0.15) is 84.6 Å². The van der Waals surface area contributed by atoms with Gasteiger partial charge in [0.15, 0.2) is 17.9 Å². The van der Waals surface area contributed by atoms with Crippen LogP contribution in [-0.2, 0) is 36.8 Å². The third kappa shape index (κ3) is 9.15. The second kappa shape index (κ2) is 18.5. The molecule has 2 fully saturated rings. The van der Waals surface area contributed by atoms with Crippen LogP contribution in [0.2, 0.25) is 0 Å². The number of amides is 1. The first-order valence-corrected chi connectivity index (χ1v) is 17.1. The van der Waals surface area contributed by atoms with E-state index in [4.69, 9.17) is 14.6 Å². The molecule has 6 unspecified atom stereocenters. The molecule has 1 amide bonds. The third-order valence-corrected chi connectivity index (χ3v) is 9.57. The highest BCUT2D eigenvalue weighted by Gasteiger charge is 2.53. The van der Waals surface area contributed by atoms with E-state index in [1.807, 2.05) is 26.0 Å². The molecule has 0 bridgehead atoms. The minimum atomic E-state index is -0.630. The molecule has 1 saturated carbocycles. The summed E-state index contributed by atoms with van der Waals surface area (Å²) in [7, 11) is 1.51. The number of ketones is 3. The van der Waals surface area contributed by atoms with Crippen molar-refractivity contribution >= 4 is 35.1 Å². The molecule has 51 heavy (non-hydrogen) atoms. The normalized spacial score (nSPS) is 23.5. The molecule has 11 nitrogen and oxygen atoms in total. The van der Waals surface area contributed by atoms with Gasteiger partial charge in [-0.05, 0) is 84.7 Å². The second-order valence-corrected chi connectivity index (χ2v) is 12.8. The zero-order chi connectivity index (χ0) is 38.0. The van der Waals surface area contributed by atoms with Gasteiger partial charge >= 0.3 is 0 Å². The summed E-state index contributed by atoms with van der Waals surface area (Å²) in [6.45, 7) is 15.5. The molecule has 4 N–H and O–H groups in total. The number of nitrogens with one attached hydrogen (secondary N) is 1. The zero-order valence-electron chi connectivity index (χ0n) is 29.8. The first-order chi connectivity index (χ1) is 24.3. The van der Waals surface area contributed by atoms with Gasteiger partial charge in [0.2, 0.25) is 11.7 Å². The number of benzene rings is 2. The lowest BCUT2D eigenvalue weighted by atomic mass is 9.70. The molecule has 274 valence electrons. The maximum Gasteiger partial charge on any atom is 0.220 e. The van der Waals surface area contributed by atoms with Crippen LogP contribution in [0.3, 0.4) is 0 Å². The molecule has 6 rings (SSSR count). The van der Waals surface area contributed by atoms with Crippen molar-refractivity contribution in [3.63, 3.8) is 0 Å². The van der Waals surface area contributed by atoms with E-state index in [1.54, 1.807) is 12.1 Å². The maximum atomic E-state index is 13.3. The van der Waals surface area contributed by atoms with Gasteiger partial charge in [0.1, 0.15) is 17.8 Å². The summed E-state index contributed by atoms with van der Waals surface area (Å²) in [5.74, 6) is 0.0857. The number of Topliss-reactive ketones (excluding diaryl/α,β-unsaturated/α-hetero) is 1. The van der Waals surface area contributed by atoms with Crippen LogP contribution in [-0.4, -0.2) is 77.0 Å². The molecule has 0 spiro atoms. The number of fused-ring (bicyclic) bond motifs is 4. The van der Waals surface area contributed by atoms with Crippen LogP contribution in [0.5, 0.6) is 11.5 Å². The average Bonchev–Trinajstić information content (AvgIpc) is 3.50. The largest absolute Gasteiger partial charge is 0.507 e. The Morgan fingerprint density at radius 1 is 1.14 bits per heavy atom. The number of phenols is 1. The van der Waals surface area contributed by atoms with E-state index in [0.717, 1.165) is 12.0 Å². The van der Waals surface area contributed by atoms with E-state index in [2.05, 4.69) is 25.1 Å². The number of allylic oxidation sites excluding steroid dienone is 2. The number of hydrogen-bond acceptors (Lipinski definition) is 10. The second-order valence-electron chi connectivity index (χ2n) is 12.8. The number of rotatable bonds is 8. The van der Waals surface area contributed by atoms with Crippen LogP contribution >= 0.6 is 0 Å². The van der Waals surface area contributed by atoms with Gasteiger partial charge in [0, 0.05) is 30.6 Å². The molecule has 11 heteroatoms. The molecule has 2 aromatic rings. The molecule has 6 atom stereocenters. The Kier molecular flexibility index (Phi) is 14.8. The average molecular weight is 704 g/mol. The van der Waals surface area contributed by atoms with Crippen molar-refractivity contribution in [3.8, 4) is 11.5 Å². The number of carbonyl (C=O) groups excluding carboxylic acids is 5. The van der Waals surface area contributed by atoms with Gasteiger partial charge in [0.25, 0.3) is 0 Å². The summed E-state index contributed by atoms with van der Waals surface area (Å²) in [6, 6.07) is 7.24. The van der Waals surface area contributed by atoms with E-state index >= 15 is 0 Å². The van der Waals surface area contributed by atoms with Crippen LogP contribution < -0.4 is 10.1 Å². The van der Waals surface area contributed by atoms with Gasteiger partial charge in [0.05, 0.1) is 37.0 Å². The fourth-order valence-corrected chi connectivity index (χ4v) is 6.92. The van der Waals surface area contributed by atoms with Gasteiger partial charge in [-0.1, -0.05) is 32.6 Å². The molecule has 2 aromatic carbocycles. The van der Waals surface area contributed by atoms with Crippen molar-refractivity contribution in [2.75, 3.05) is 13.7 Å². The van der Waals surface area contributed by atoms with E-state index in [-0.39, 0.29) is 71.1 Å². The number of phenolic OH excluding ortho intramolecular Hbond substituents is 1. The topological polar surface area (TPSA) is 177 Å². The third-order valence-electron chi connectivity index (χ3n) is 9.57. The van der Waals surface area contributed by atoms with Gasteiger partial charge in [-0.3, -0.25) is 24.0 Å². The number of carbonyl (C=O) groups is 5. The lowest BCUT2D eigenvalue weighted by molar-refractivity contribution is -0.163. The van der Waals surface area contributed by atoms with Crippen molar-refractivity contribution in [2.45, 2.75) is 77.8 Å². The summed E-state index contributed by atoms with van der Waals surface area (Å²) in [5, 5.41) is 32.1. The Morgan fingerprint density at radius 3 is 2.43 bits per heavy atom. The number of methoxy groups -OCH3 is 1. The SMILES string of the molecule is C=C.C=C1c2cccc(OC)c2C(=O)c2c1cc1c(c2O)CCC(C(=O)CNC(=O)CCC)C1.CC(=O)/C=C\C=O.CC1C(O)C2CC(O)OC12. The summed E-state index contributed by atoms with van der Waals surface area (Å²) in [5.41, 5.74) is 4.15. The molecular weight excluding hydrogens is 654 g/mol. The lowest BCUT2D eigenvalue weighted by Gasteiger charge is -2.41. The summed E-state index contributed by atoms with van der Waals surface area (Å²) in [4.78, 5) is 57.1. The zero-order valence-corrected chi connectivity index (χ0v) is 29.8. The van der Waals surface area contributed by atoms with Crippen LogP contribution in [0.15, 0.2) is 56.2 Å². The Labute approximate surface area is 299 Å². The highest BCUT2D eigenvalue weighted by Crippen LogP contribution is 2.46. The molecule has 1 heterocycles. The first kappa shape index (κ1) is 40.7. The Hall–Kier alpha value is -4.71. The molecule has 3 aliphatic carbocycles. The number of ether oxygens (including phenoxy) is 2. The van der Waals surface area contributed by atoms with E-state index in [1.165, 1.54) is 26.2 Å². The van der Waals surface area contributed by atoms with Crippen molar-refractivity contribution in [3.05, 3.63) is 89.5 Å². The van der Waals surface area contributed by atoms with Crippen molar-refractivity contribution < 1.29 is 48.8 Å². The molecular formula is C40H49NO10. The van der Waals surface area contributed by atoms with Gasteiger partial charge < -0.3 is 30.1 Å². The van der Waals surface area contributed by atoms with Crippen LogP contribution in [0.4, 0.5) is 0 Å². The lowest BCUT2D eigenvalue weighted by Crippen LogP contribution is -2.51. The number of aromatic hydroxyl groups is 1. The number of aldehydes is 1. The predicted octanol–water partition coefficient (Wildman–Crippen LogP) is 4.45. The smallest absolute Gasteiger partial charge is 0.220 e. The minimum absolute atomic E-state index is 0.0118. The predicted molar refractivity (Wildman–Crippen MR) is 192 cm³/mol. The summed E-state index contributed by atoms with van der Waals surface area (Å²) >= 11 is 0. The molecule has 0 radical (unpaired) electrons. The minimum Gasteiger partial charge on any atom is -0.507 e. The van der Waals surface area contributed by atoms with E-state index in [0.29, 0.717) is 72.0 Å². The van der Waals surface area contributed by atoms with Crippen LogP contribution in [0.25, 0.3) is 5.57 Å². The fraction of sp³-hybridized carbons (Fsp3) is 0.425. The summed E-state index contributed by atoms with van der Waals surface area (Å²) in [6.07, 6.45) is 5.46. The van der Waals surface area contributed by atoms with Crippen molar-refractivity contribution in [1.29, 1.82) is 0 Å². The monoisotopic (exact) mass is 703 g/mol. The molecule has 4 aliphatic rings. The molecule has 1 saturated heterocycles. The Bertz CT molecular complexity index is 1660. The first-order valence-electron chi connectivity index (χ1n) is 17.1. The molecule has 0 aromatic heterocycles. The fourth-order valence-electron chi connectivity index (χ4n) is 6.92. The van der Waals surface area contributed by atoms with Crippen LogP contribution in [0, 0.1) is 17.8 Å². The number of aliphatic hydroxyl groups excluding tert-OH is 2. The number of aliphatic hydroxyl groups is 2. The maximum absolute atomic E-state index is 13.3. The summed E-state index contributed by atoms with van der Waals surface area (Å²) < 4.78 is 10.5. The standard InChI is InChI=1S/C26H27NO5.C7H12O3.C5H6O2.C2H4/c1-4-6-22(29)27-13-20(28)15-9-10-18-16(11-15)12-19-14(2)17-7-5-8-21(32-3)23(17)26(31)24(19)25(18)30;1-3-6(9)4-2-5(8)10-7(3)4;1-5(7)3-2-4-6;1-2/h5,7-8,12,15,30H,2,4,6,9-11,13H2,1,3H3,(H,27,29);3-9H,2H2,1H3;2-4H,1H3;1-2H2/b;;3-2-;. The highest BCUT2D eigenvalue weighted by molar-refractivity contribution is 6.21. The molecule has 1 aliphatic heterocycles. The van der Waals surface area contributed by atoms with E-state index in [9.17, 15) is 34.2 Å². The highest BCUT2D eigenvalue weighted by atomic mass is 16.6. The van der Waals surface area contributed by atoms with Crippen molar-refractivity contribution in [1.82, 2.24) is 5.32 Å². The number of hydrogen-bond donors (Lipinski definition) is 4. The quantitative estimate of drug-likeness (QED) is 0.149. The van der Waals surface area contributed by atoms with Crippen molar-refractivity contribution in [2.24, 2.45) is 17.8 Å². The van der Waals surface area contributed by atoms with Gasteiger partial charge in [-0.15, -0.1) is 13.2 Å².